The Morgan fingerprint density at radius 3 is 1.84 bits per heavy atom. The van der Waals surface area contributed by atoms with Crippen molar-refractivity contribution in [3.05, 3.63) is 47.5 Å². The second-order valence-corrected chi connectivity index (χ2v) is 5.95. The maximum Gasteiger partial charge on any atom is 0.203 e. The molecule has 1 N–H and O–H groups in total. The second-order valence-electron chi connectivity index (χ2n) is 5.95. The van der Waals surface area contributed by atoms with Crippen LogP contribution in [0.25, 0.3) is 0 Å². The molecular formula is C20H27NO4. The van der Waals surface area contributed by atoms with E-state index in [2.05, 4.69) is 17.4 Å². The van der Waals surface area contributed by atoms with Gasteiger partial charge in [0.25, 0.3) is 0 Å². The third kappa shape index (κ3) is 5.29. The van der Waals surface area contributed by atoms with Crippen molar-refractivity contribution in [2.45, 2.75) is 33.0 Å². The molecule has 0 atom stereocenters. The average Bonchev–Trinajstić information content (AvgIpc) is 2.61. The van der Waals surface area contributed by atoms with Crippen molar-refractivity contribution in [2.75, 3.05) is 21.3 Å². The van der Waals surface area contributed by atoms with Gasteiger partial charge in [0.15, 0.2) is 11.5 Å². The van der Waals surface area contributed by atoms with Gasteiger partial charge in [-0.3, -0.25) is 0 Å². The molecule has 0 saturated heterocycles. The van der Waals surface area contributed by atoms with Gasteiger partial charge in [-0.1, -0.05) is 12.1 Å². The highest BCUT2D eigenvalue weighted by Gasteiger charge is 2.12. The summed E-state index contributed by atoms with van der Waals surface area (Å²) in [4.78, 5) is 0. The van der Waals surface area contributed by atoms with E-state index in [-0.39, 0.29) is 6.10 Å². The number of methoxy groups -OCH3 is 3. The summed E-state index contributed by atoms with van der Waals surface area (Å²) in [5, 5.41) is 3.43. The molecule has 2 aromatic carbocycles. The third-order valence-electron chi connectivity index (χ3n) is 3.68. The second kappa shape index (κ2) is 9.18. The van der Waals surface area contributed by atoms with E-state index in [4.69, 9.17) is 18.9 Å². The van der Waals surface area contributed by atoms with E-state index in [0.717, 1.165) is 17.9 Å². The Labute approximate surface area is 149 Å². The molecule has 25 heavy (non-hydrogen) atoms. The van der Waals surface area contributed by atoms with Crippen LogP contribution in [0, 0.1) is 0 Å². The van der Waals surface area contributed by atoms with Gasteiger partial charge < -0.3 is 24.3 Å². The molecule has 0 aromatic heterocycles. The summed E-state index contributed by atoms with van der Waals surface area (Å²) in [6.45, 7) is 5.50. The highest BCUT2D eigenvalue weighted by molar-refractivity contribution is 5.53. The number of hydrogen-bond acceptors (Lipinski definition) is 5. The van der Waals surface area contributed by atoms with Crippen LogP contribution in [0.1, 0.15) is 25.0 Å². The van der Waals surface area contributed by atoms with Crippen molar-refractivity contribution in [1.29, 1.82) is 0 Å². The standard InChI is InChI=1S/C20H27NO4/c1-14(2)25-17-8-6-15(7-9-17)12-21-13-16-10-18(22-3)20(24-5)19(11-16)23-4/h6-11,14,21H,12-13H2,1-5H3. The Balaban J connectivity index is 1.97. The van der Waals surface area contributed by atoms with E-state index in [9.17, 15) is 0 Å². The smallest absolute Gasteiger partial charge is 0.203 e. The largest absolute Gasteiger partial charge is 0.493 e. The molecule has 0 aliphatic carbocycles. The average molecular weight is 345 g/mol. The van der Waals surface area contributed by atoms with Crippen LogP contribution < -0.4 is 24.3 Å². The van der Waals surface area contributed by atoms with Crippen molar-refractivity contribution in [3.8, 4) is 23.0 Å². The zero-order valence-corrected chi connectivity index (χ0v) is 15.6. The monoisotopic (exact) mass is 345 g/mol. The third-order valence-corrected chi connectivity index (χ3v) is 3.68. The Morgan fingerprint density at radius 2 is 1.36 bits per heavy atom. The molecule has 2 aromatic rings. The molecule has 0 heterocycles. The molecule has 5 heteroatoms. The lowest BCUT2D eigenvalue weighted by Crippen LogP contribution is -2.13. The molecule has 0 unspecified atom stereocenters. The predicted octanol–water partition coefficient (Wildman–Crippen LogP) is 3.79. The summed E-state index contributed by atoms with van der Waals surface area (Å²) in [5.41, 5.74) is 2.26. The first-order valence-electron chi connectivity index (χ1n) is 8.32. The summed E-state index contributed by atoms with van der Waals surface area (Å²) < 4.78 is 21.8. The van der Waals surface area contributed by atoms with Gasteiger partial charge in [-0.2, -0.15) is 0 Å². The van der Waals surface area contributed by atoms with Crippen molar-refractivity contribution in [3.63, 3.8) is 0 Å². The van der Waals surface area contributed by atoms with E-state index >= 15 is 0 Å². The number of ether oxygens (including phenoxy) is 4. The van der Waals surface area contributed by atoms with Gasteiger partial charge in [0, 0.05) is 13.1 Å². The van der Waals surface area contributed by atoms with Crippen molar-refractivity contribution in [1.82, 2.24) is 5.32 Å². The number of benzene rings is 2. The lowest BCUT2D eigenvalue weighted by Gasteiger charge is -2.14. The van der Waals surface area contributed by atoms with Gasteiger partial charge in [-0.25, -0.2) is 0 Å². The first-order valence-corrected chi connectivity index (χ1v) is 8.32. The Morgan fingerprint density at radius 1 is 0.800 bits per heavy atom. The topological polar surface area (TPSA) is 49.0 Å². The van der Waals surface area contributed by atoms with Gasteiger partial charge in [-0.05, 0) is 49.2 Å². The molecule has 2 rings (SSSR count). The molecule has 0 radical (unpaired) electrons. The van der Waals surface area contributed by atoms with Crippen LogP contribution in [0.2, 0.25) is 0 Å². The minimum absolute atomic E-state index is 0.184. The maximum atomic E-state index is 5.66. The highest BCUT2D eigenvalue weighted by atomic mass is 16.5. The molecular weight excluding hydrogens is 318 g/mol. The van der Waals surface area contributed by atoms with Crippen LogP contribution in [0.4, 0.5) is 0 Å². The molecule has 0 fully saturated rings. The van der Waals surface area contributed by atoms with Crippen molar-refractivity contribution < 1.29 is 18.9 Å². The zero-order chi connectivity index (χ0) is 18.2. The summed E-state index contributed by atoms with van der Waals surface area (Å²) in [6, 6.07) is 12.0. The summed E-state index contributed by atoms with van der Waals surface area (Å²) in [7, 11) is 4.84. The molecule has 5 nitrogen and oxygen atoms in total. The van der Waals surface area contributed by atoms with E-state index in [0.29, 0.717) is 23.8 Å². The molecule has 0 aliphatic rings. The Kier molecular flexibility index (Phi) is 6.95. The van der Waals surface area contributed by atoms with E-state index in [1.165, 1.54) is 5.56 Å². The zero-order valence-electron chi connectivity index (χ0n) is 15.6. The van der Waals surface area contributed by atoms with Gasteiger partial charge >= 0.3 is 0 Å². The SMILES string of the molecule is COc1cc(CNCc2ccc(OC(C)C)cc2)cc(OC)c1OC. The van der Waals surface area contributed by atoms with Crippen molar-refractivity contribution in [2.24, 2.45) is 0 Å². The minimum Gasteiger partial charge on any atom is -0.493 e. The normalized spacial score (nSPS) is 10.6. The predicted molar refractivity (Wildman–Crippen MR) is 98.8 cm³/mol. The molecule has 0 saturated carbocycles. The quantitative estimate of drug-likeness (QED) is 0.749. The van der Waals surface area contributed by atoms with Gasteiger partial charge in [0.2, 0.25) is 5.75 Å². The van der Waals surface area contributed by atoms with Crippen LogP contribution in [0.15, 0.2) is 36.4 Å². The lowest BCUT2D eigenvalue weighted by atomic mass is 10.1. The van der Waals surface area contributed by atoms with Crippen LogP contribution in [-0.2, 0) is 13.1 Å². The van der Waals surface area contributed by atoms with Crippen LogP contribution in [-0.4, -0.2) is 27.4 Å². The highest BCUT2D eigenvalue weighted by Crippen LogP contribution is 2.38. The molecule has 0 spiro atoms. The van der Waals surface area contributed by atoms with E-state index in [1.54, 1.807) is 21.3 Å². The molecule has 0 amide bonds. The van der Waals surface area contributed by atoms with Crippen LogP contribution in [0.5, 0.6) is 23.0 Å². The fourth-order valence-corrected chi connectivity index (χ4v) is 2.55. The van der Waals surface area contributed by atoms with Gasteiger partial charge in [0.05, 0.1) is 27.4 Å². The maximum absolute atomic E-state index is 5.66. The molecule has 0 bridgehead atoms. The summed E-state index contributed by atoms with van der Waals surface area (Å²) in [6.07, 6.45) is 0.184. The van der Waals surface area contributed by atoms with Gasteiger partial charge in [-0.15, -0.1) is 0 Å². The van der Waals surface area contributed by atoms with Gasteiger partial charge in [0.1, 0.15) is 5.75 Å². The minimum atomic E-state index is 0.184. The Bertz CT molecular complexity index is 643. The number of rotatable bonds is 9. The number of hydrogen-bond donors (Lipinski definition) is 1. The Hall–Kier alpha value is -2.40. The van der Waals surface area contributed by atoms with Crippen molar-refractivity contribution >= 4 is 0 Å². The van der Waals surface area contributed by atoms with E-state index < -0.39 is 0 Å². The number of nitrogens with one attached hydrogen (secondary N) is 1. The fourth-order valence-electron chi connectivity index (χ4n) is 2.55. The first kappa shape index (κ1) is 18.9. The lowest BCUT2D eigenvalue weighted by molar-refractivity contribution is 0.242. The van der Waals surface area contributed by atoms with E-state index in [1.807, 2.05) is 38.1 Å². The first-order chi connectivity index (χ1) is 12.1. The van der Waals surface area contributed by atoms with Crippen LogP contribution in [0.3, 0.4) is 0 Å². The fraction of sp³-hybridized carbons (Fsp3) is 0.400. The molecule has 0 aliphatic heterocycles. The summed E-state index contributed by atoms with van der Waals surface area (Å²) >= 11 is 0. The summed E-state index contributed by atoms with van der Waals surface area (Å²) in [5.74, 6) is 2.82. The molecule has 136 valence electrons. The van der Waals surface area contributed by atoms with Crippen LogP contribution >= 0.6 is 0 Å².